The molecule has 3 rings (SSSR count). The van der Waals surface area contributed by atoms with Gasteiger partial charge in [0.2, 0.25) is 0 Å². The lowest BCUT2D eigenvalue weighted by Gasteiger charge is -2.18. The molecule has 5 unspecified atom stereocenters. The summed E-state index contributed by atoms with van der Waals surface area (Å²) >= 11 is 3.42. The summed E-state index contributed by atoms with van der Waals surface area (Å²) < 4.78 is 1.04. The van der Waals surface area contributed by atoms with E-state index in [-0.39, 0.29) is 0 Å². The van der Waals surface area contributed by atoms with Crippen LogP contribution in [0.4, 0.5) is 0 Å². The smallest absolute Gasteiger partial charge is 0.108 e. The number of hydrogen-bond donors (Lipinski definition) is 0. The van der Waals surface area contributed by atoms with Crippen molar-refractivity contribution in [1.29, 1.82) is 0 Å². The normalized spacial score (nSPS) is 41.9. The highest BCUT2D eigenvalue weighted by Gasteiger charge is 2.43. The predicted molar refractivity (Wildman–Crippen MR) is 88.6 cm³/mol. The van der Waals surface area contributed by atoms with Crippen LogP contribution in [-0.2, 0) is 0 Å². The van der Waals surface area contributed by atoms with E-state index in [0.717, 1.165) is 34.2 Å². The molecule has 2 aliphatic carbocycles. The molecule has 2 saturated carbocycles. The molecule has 1 heterocycles. The molecule has 0 N–H and O–H groups in total. The first-order valence-electron chi connectivity index (χ1n) is 8.13. The average molecular weight is 322 g/mol. The van der Waals surface area contributed by atoms with Gasteiger partial charge in [-0.15, -0.1) is 0 Å². The largest absolute Gasteiger partial charge is 0.245 e. The van der Waals surface area contributed by atoms with Crippen LogP contribution in [0.3, 0.4) is 0 Å². The lowest BCUT2D eigenvalue weighted by atomic mass is 9.80. The third-order valence-electron chi connectivity index (χ3n) is 5.75. The van der Waals surface area contributed by atoms with Crippen molar-refractivity contribution in [3.05, 3.63) is 10.7 Å². The van der Waals surface area contributed by atoms with Crippen molar-refractivity contribution in [3.8, 4) is 0 Å². The Bertz CT molecular complexity index is 404. The Morgan fingerprint density at radius 2 is 2.00 bits per heavy atom. The van der Waals surface area contributed by atoms with Gasteiger partial charge in [-0.25, -0.2) is 4.99 Å². The molecule has 3 heteroatoms. The fourth-order valence-corrected chi connectivity index (χ4v) is 4.63. The second-order valence-electron chi connectivity index (χ2n) is 7.01. The Labute approximate surface area is 126 Å². The molecular formula is C16H25BBrN. The van der Waals surface area contributed by atoms with Crippen LogP contribution in [0.5, 0.6) is 0 Å². The van der Waals surface area contributed by atoms with E-state index in [1.54, 1.807) is 0 Å². The molecule has 5 atom stereocenters. The van der Waals surface area contributed by atoms with E-state index in [1.807, 2.05) is 0 Å². The van der Waals surface area contributed by atoms with Crippen LogP contribution in [0.2, 0.25) is 6.32 Å². The van der Waals surface area contributed by atoms with Gasteiger partial charge >= 0.3 is 0 Å². The van der Waals surface area contributed by atoms with Crippen LogP contribution in [-0.4, -0.2) is 13.6 Å². The first-order chi connectivity index (χ1) is 9.17. The number of nitrogens with zero attached hydrogens (tertiary/aromatic N) is 1. The van der Waals surface area contributed by atoms with Gasteiger partial charge in [-0.05, 0) is 58.5 Å². The summed E-state index contributed by atoms with van der Waals surface area (Å²) in [5.74, 6) is 4.72. The zero-order valence-electron chi connectivity index (χ0n) is 12.2. The molecule has 0 spiro atoms. The molecule has 0 aromatic rings. The van der Waals surface area contributed by atoms with Gasteiger partial charge < -0.3 is 0 Å². The predicted octanol–water partition coefficient (Wildman–Crippen LogP) is 4.20. The second kappa shape index (κ2) is 5.75. The maximum absolute atomic E-state index is 4.48. The van der Waals surface area contributed by atoms with Crippen molar-refractivity contribution >= 4 is 29.5 Å². The van der Waals surface area contributed by atoms with Gasteiger partial charge in [0.1, 0.15) is 12.5 Å². The molecule has 2 fully saturated rings. The molecule has 0 amide bonds. The highest BCUT2D eigenvalue weighted by Crippen LogP contribution is 2.49. The highest BCUT2D eigenvalue weighted by atomic mass is 79.9. The molecule has 1 aliphatic heterocycles. The fraction of sp³-hybridized carbons (Fsp3) is 0.812. The molecule has 0 saturated heterocycles. The molecule has 19 heavy (non-hydrogen) atoms. The topological polar surface area (TPSA) is 12.4 Å². The summed E-state index contributed by atoms with van der Waals surface area (Å²) in [6.45, 7) is 2.47. The summed E-state index contributed by atoms with van der Waals surface area (Å²) in [6.07, 6.45) is 12.4. The van der Waals surface area contributed by atoms with E-state index >= 15 is 0 Å². The van der Waals surface area contributed by atoms with Gasteiger partial charge in [0, 0.05) is 11.6 Å². The van der Waals surface area contributed by atoms with Gasteiger partial charge in [0.25, 0.3) is 0 Å². The van der Waals surface area contributed by atoms with Crippen molar-refractivity contribution in [2.45, 2.75) is 51.8 Å². The summed E-state index contributed by atoms with van der Waals surface area (Å²) in [7, 11) is 2.37. The molecule has 3 aliphatic rings. The van der Waals surface area contributed by atoms with Crippen LogP contribution >= 0.6 is 15.9 Å². The lowest BCUT2D eigenvalue weighted by Crippen LogP contribution is -2.08. The van der Waals surface area contributed by atoms with Crippen LogP contribution in [0.15, 0.2) is 15.7 Å². The second-order valence-corrected chi connectivity index (χ2v) is 7.82. The molecule has 0 aromatic carbocycles. The van der Waals surface area contributed by atoms with Crippen LogP contribution in [0, 0.1) is 29.6 Å². The zero-order chi connectivity index (χ0) is 13.4. The summed E-state index contributed by atoms with van der Waals surface area (Å²) in [5.41, 5.74) is 1.37. The van der Waals surface area contributed by atoms with Crippen molar-refractivity contribution in [3.63, 3.8) is 0 Å². The van der Waals surface area contributed by atoms with Crippen molar-refractivity contribution in [2.75, 3.05) is 0 Å². The van der Waals surface area contributed by atoms with E-state index in [9.17, 15) is 0 Å². The van der Waals surface area contributed by atoms with Gasteiger partial charge in [-0.2, -0.15) is 0 Å². The molecule has 0 aromatic heterocycles. The van der Waals surface area contributed by atoms with Gasteiger partial charge in [-0.1, -0.05) is 38.9 Å². The lowest BCUT2D eigenvalue weighted by molar-refractivity contribution is 0.367. The molecule has 0 radical (unpaired) electrons. The minimum atomic E-state index is 0.809. The summed E-state index contributed by atoms with van der Waals surface area (Å²) in [4.78, 5) is 4.48. The van der Waals surface area contributed by atoms with Crippen LogP contribution in [0.1, 0.15) is 45.4 Å². The zero-order valence-corrected chi connectivity index (χ0v) is 13.8. The van der Waals surface area contributed by atoms with Crippen molar-refractivity contribution in [2.24, 2.45) is 34.6 Å². The van der Waals surface area contributed by atoms with Crippen LogP contribution in [0.25, 0.3) is 0 Å². The van der Waals surface area contributed by atoms with E-state index in [2.05, 4.69) is 41.8 Å². The third kappa shape index (κ3) is 3.17. The Balaban J connectivity index is 1.45. The fourth-order valence-electron chi connectivity index (χ4n) is 4.19. The summed E-state index contributed by atoms with van der Waals surface area (Å²) in [5, 5.41) is 0. The highest BCUT2D eigenvalue weighted by molar-refractivity contribution is 9.11. The molecular weight excluding hydrogens is 297 g/mol. The van der Waals surface area contributed by atoms with E-state index in [1.165, 1.54) is 50.6 Å². The molecule has 0 bridgehead atoms. The van der Waals surface area contributed by atoms with Crippen molar-refractivity contribution < 1.29 is 0 Å². The van der Waals surface area contributed by atoms with E-state index < -0.39 is 0 Å². The minimum absolute atomic E-state index is 0.809. The SMILES string of the molecule is BCC1CCC(CC2CC2C2=NC(Br)=C2)CCC1C. The monoisotopic (exact) mass is 321 g/mol. The standard InChI is InChI=1S/C16H25BBrN/c1-10-2-3-11(4-5-12(10)9-17)6-13-7-14(13)15-8-16(18)19-15/h8,10-14H,2-7,9,17H2,1H3. The summed E-state index contributed by atoms with van der Waals surface area (Å²) in [6, 6.07) is 0. The van der Waals surface area contributed by atoms with E-state index in [0.29, 0.717) is 0 Å². The maximum Gasteiger partial charge on any atom is 0.108 e. The minimum Gasteiger partial charge on any atom is -0.245 e. The van der Waals surface area contributed by atoms with Gasteiger partial charge in [0.05, 0.1) is 0 Å². The number of allylic oxidation sites excluding steroid dienone is 1. The quantitative estimate of drug-likeness (QED) is 0.418. The number of rotatable bonds is 4. The number of aliphatic imine (C=N–C) groups is 1. The first kappa shape index (κ1) is 13.9. The Morgan fingerprint density at radius 1 is 1.26 bits per heavy atom. The van der Waals surface area contributed by atoms with Crippen molar-refractivity contribution in [1.82, 2.24) is 0 Å². The van der Waals surface area contributed by atoms with E-state index in [4.69, 9.17) is 0 Å². The number of halogens is 1. The number of hydrogen-bond acceptors (Lipinski definition) is 1. The Kier molecular flexibility index (Phi) is 4.21. The van der Waals surface area contributed by atoms with Gasteiger partial charge in [0.15, 0.2) is 0 Å². The Hall–Kier alpha value is -0.0451. The third-order valence-corrected chi connectivity index (χ3v) is 6.15. The Morgan fingerprint density at radius 3 is 2.68 bits per heavy atom. The molecule has 104 valence electrons. The first-order valence-corrected chi connectivity index (χ1v) is 8.92. The van der Waals surface area contributed by atoms with Crippen LogP contribution < -0.4 is 0 Å². The van der Waals surface area contributed by atoms with Gasteiger partial charge in [-0.3, -0.25) is 0 Å². The molecule has 1 nitrogen and oxygen atoms in total. The maximum atomic E-state index is 4.48. The average Bonchev–Trinajstić information content (AvgIpc) is 3.12.